The summed E-state index contributed by atoms with van der Waals surface area (Å²) in [5.41, 5.74) is -6.32. The third-order valence-electron chi connectivity index (χ3n) is 2.64. The van der Waals surface area contributed by atoms with E-state index in [2.05, 4.69) is 5.16 Å². The number of alkyl halides is 6. The van der Waals surface area contributed by atoms with E-state index in [9.17, 15) is 26.3 Å². The van der Waals surface area contributed by atoms with Gasteiger partial charge in [0.25, 0.3) is 5.60 Å². The van der Waals surface area contributed by atoms with Crippen LogP contribution >= 0.6 is 11.6 Å². The molecule has 0 fully saturated rings. The van der Waals surface area contributed by atoms with E-state index in [-0.39, 0.29) is 10.6 Å². The zero-order valence-corrected chi connectivity index (χ0v) is 10.8. The van der Waals surface area contributed by atoms with E-state index in [1.165, 1.54) is 12.1 Å². The zero-order chi connectivity index (χ0) is 16.5. The quantitative estimate of drug-likeness (QED) is 0.382. The molecule has 0 aliphatic rings. The number of aliphatic hydroxyl groups is 1. The maximum Gasteiger partial charge on any atom is 0.426 e. The number of oxime groups is 1. The lowest BCUT2D eigenvalue weighted by Crippen LogP contribution is -2.58. The first kappa shape index (κ1) is 17.6. The van der Waals surface area contributed by atoms with Crippen LogP contribution in [0.4, 0.5) is 26.3 Å². The summed E-state index contributed by atoms with van der Waals surface area (Å²) >= 11 is 5.55. The van der Waals surface area contributed by atoms with Crippen molar-refractivity contribution in [2.75, 3.05) is 0 Å². The van der Waals surface area contributed by atoms with Crippen LogP contribution in [-0.4, -0.2) is 34.0 Å². The molecule has 0 aliphatic heterocycles. The second kappa shape index (κ2) is 5.72. The standard InChI is InChI=1S/C11H8ClF6NO2/c12-7-3-1-2-6(4-7)8(19-21)5-9(20,10(13,14)15)11(16,17)18/h1-4,20-21H,5H2/b19-8-. The minimum Gasteiger partial charge on any atom is -0.411 e. The predicted molar refractivity (Wildman–Crippen MR) is 61.5 cm³/mol. The van der Waals surface area contributed by atoms with Crippen molar-refractivity contribution < 1.29 is 36.7 Å². The third kappa shape index (κ3) is 3.59. The second-order valence-corrected chi connectivity index (χ2v) is 4.53. The summed E-state index contributed by atoms with van der Waals surface area (Å²) in [6.07, 6.45) is -14.0. The van der Waals surface area contributed by atoms with E-state index in [0.717, 1.165) is 12.1 Å². The molecule has 0 aliphatic carbocycles. The molecule has 0 radical (unpaired) electrons. The van der Waals surface area contributed by atoms with Gasteiger partial charge >= 0.3 is 12.4 Å². The third-order valence-corrected chi connectivity index (χ3v) is 2.87. The first-order valence-electron chi connectivity index (χ1n) is 5.25. The maximum atomic E-state index is 12.6. The molecule has 0 saturated carbocycles. The average molecular weight is 336 g/mol. The normalized spacial score (nSPS) is 14.4. The SMILES string of the molecule is O/N=C(/CC(O)(C(F)(F)F)C(F)(F)F)c1cccc(Cl)c1. The van der Waals surface area contributed by atoms with E-state index in [0.29, 0.717) is 0 Å². The Morgan fingerprint density at radius 3 is 2.00 bits per heavy atom. The van der Waals surface area contributed by atoms with E-state index in [4.69, 9.17) is 21.9 Å². The first-order valence-corrected chi connectivity index (χ1v) is 5.63. The second-order valence-electron chi connectivity index (χ2n) is 4.09. The molecule has 0 amide bonds. The molecule has 3 nitrogen and oxygen atoms in total. The molecule has 0 aromatic heterocycles. The van der Waals surface area contributed by atoms with Gasteiger partial charge in [-0.25, -0.2) is 0 Å². The van der Waals surface area contributed by atoms with E-state index in [1.807, 2.05) is 0 Å². The van der Waals surface area contributed by atoms with E-state index >= 15 is 0 Å². The van der Waals surface area contributed by atoms with Crippen LogP contribution in [0.15, 0.2) is 29.4 Å². The number of nitrogens with zero attached hydrogens (tertiary/aromatic N) is 1. The van der Waals surface area contributed by atoms with Crippen molar-refractivity contribution in [2.24, 2.45) is 5.16 Å². The smallest absolute Gasteiger partial charge is 0.411 e. The molecule has 1 rings (SSSR count). The summed E-state index contributed by atoms with van der Waals surface area (Å²) in [4.78, 5) is 0. The minimum absolute atomic E-state index is 0.0104. The molecule has 0 unspecified atom stereocenters. The highest BCUT2D eigenvalue weighted by molar-refractivity contribution is 6.31. The monoisotopic (exact) mass is 335 g/mol. The molecule has 0 saturated heterocycles. The largest absolute Gasteiger partial charge is 0.426 e. The van der Waals surface area contributed by atoms with Gasteiger partial charge < -0.3 is 10.3 Å². The summed E-state index contributed by atoms with van der Waals surface area (Å²) in [5.74, 6) is 0. The summed E-state index contributed by atoms with van der Waals surface area (Å²) in [6, 6.07) is 4.65. The predicted octanol–water partition coefficient (Wildman–Crippen LogP) is 3.76. The van der Waals surface area contributed by atoms with Crippen molar-refractivity contribution in [1.29, 1.82) is 0 Å². The van der Waals surface area contributed by atoms with Gasteiger partial charge in [0.2, 0.25) is 0 Å². The number of hydrogen-bond acceptors (Lipinski definition) is 3. The van der Waals surface area contributed by atoms with Gasteiger partial charge in [0, 0.05) is 17.0 Å². The maximum absolute atomic E-state index is 12.6. The molecule has 0 bridgehead atoms. The van der Waals surface area contributed by atoms with Gasteiger partial charge in [-0.05, 0) is 12.1 Å². The molecule has 118 valence electrons. The van der Waals surface area contributed by atoms with Gasteiger partial charge in [-0.2, -0.15) is 26.3 Å². The lowest BCUT2D eigenvalue weighted by atomic mass is 9.92. The van der Waals surface area contributed by atoms with Crippen LogP contribution in [0.5, 0.6) is 0 Å². The van der Waals surface area contributed by atoms with Crippen molar-refractivity contribution in [1.82, 2.24) is 0 Å². The Labute approximate surface area is 119 Å². The Morgan fingerprint density at radius 1 is 1.10 bits per heavy atom. The van der Waals surface area contributed by atoms with Gasteiger partial charge in [0.1, 0.15) is 0 Å². The highest BCUT2D eigenvalue weighted by Gasteiger charge is 2.70. The van der Waals surface area contributed by atoms with Gasteiger partial charge in [0.15, 0.2) is 0 Å². The molecular weight excluding hydrogens is 328 g/mol. The Bertz CT molecular complexity index is 526. The minimum atomic E-state index is -6.00. The highest BCUT2D eigenvalue weighted by atomic mass is 35.5. The Kier molecular flexibility index (Phi) is 4.79. The summed E-state index contributed by atoms with van der Waals surface area (Å²) in [6.45, 7) is 0. The number of benzene rings is 1. The van der Waals surface area contributed by atoms with Crippen LogP contribution < -0.4 is 0 Å². The molecule has 0 spiro atoms. The molecule has 0 heterocycles. The Morgan fingerprint density at radius 2 is 1.62 bits per heavy atom. The topological polar surface area (TPSA) is 52.8 Å². The van der Waals surface area contributed by atoms with Crippen LogP contribution in [0.25, 0.3) is 0 Å². The van der Waals surface area contributed by atoms with Crippen LogP contribution in [-0.2, 0) is 0 Å². The van der Waals surface area contributed by atoms with Crippen LogP contribution in [0, 0.1) is 0 Å². The van der Waals surface area contributed by atoms with Gasteiger partial charge in [0.05, 0.1) is 5.71 Å². The van der Waals surface area contributed by atoms with Crippen LogP contribution in [0.1, 0.15) is 12.0 Å². The molecular formula is C11H8ClF6NO2. The van der Waals surface area contributed by atoms with Gasteiger partial charge in [-0.15, -0.1) is 0 Å². The van der Waals surface area contributed by atoms with Crippen molar-refractivity contribution in [3.63, 3.8) is 0 Å². The summed E-state index contributed by atoms with van der Waals surface area (Å²) in [5, 5.41) is 20.1. The Hall–Kier alpha value is -1.48. The molecule has 0 atom stereocenters. The number of halogens is 7. The molecule has 1 aromatic rings. The lowest BCUT2D eigenvalue weighted by Gasteiger charge is -2.32. The van der Waals surface area contributed by atoms with Crippen LogP contribution in [0.2, 0.25) is 5.02 Å². The van der Waals surface area contributed by atoms with E-state index < -0.39 is 30.1 Å². The fourth-order valence-corrected chi connectivity index (χ4v) is 1.66. The van der Waals surface area contributed by atoms with Crippen molar-refractivity contribution in [3.8, 4) is 0 Å². The average Bonchev–Trinajstić information content (AvgIpc) is 2.32. The number of rotatable bonds is 3. The fraction of sp³-hybridized carbons (Fsp3) is 0.364. The van der Waals surface area contributed by atoms with E-state index in [1.54, 1.807) is 0 Å². The highest BCUT2D eigenvalue weighted by Crippen LogP contribution is 2.45. The first-order chi connectivity index (χ1) is 9.42. The zero-order valence-electron chi connectivity index (χ0n) is 10.0. The molecule has 10 heteroatoms. The van der Waals surface area contributed by atoms with Crippen molar-refractivity contribution in [3.05, 3.63) is 34.9 Å². The molecule has 1 aromatic carbocycles. The summed E-state index contributed by atoms with van der Waals surface area (Å²) < 4.78 is 75.4. The van der Waals surface area contributed by atoms with Crippen molar-refractivity contribution in [2.45, 2.75) is 24.4 Å². The summed E-state index contributed by atoms with van der Waals surface area (Å²) in [7, 11) is 0. The lowest BCUT2D eigenvalue weighted by molar-refractivity contribution is -0.365. The van der Waals surface area contributed by atoms with Gasteiger partial charge in [-0.1, -0.05) is 28.9 Å². The molecule has 21 heavy (non-hydrogen) atoms. The number of hydrogen-bond donors (Lipinski definition) is 2. The Balaban J connectivity index is 3.26. The van der Waals surface area contributed by atoms with Crippen LogP contribution in [0.3, 0.4) is 0 Å². The van der Waals surface area contributed by atoms with Gasteiger partial charge in [-0.3, -0.25) is 0 Å². The van der Waals surface area contributed by atoms with Crippen molar-refractivity contribution >= 4 is 17.3 Å². The fourth-order valence-electron chi connectivity index (χ4n) is 1.47. The molecule has 2 N–H and O–H groups in total.